The third-order valence-electron chi connectivity index (χ3n) is 3.92. The highest BCUT2D eigenvalue weighted by molar-refractivity contribution is 5.81. The van der Waals surface area contributed by atoms with E-state index in [4.69, 9.17) is 10.5 Å². The lowest BCUT2D eigenvalue weighted by Gasteiger charge is -2.29. The Morgan fingerprint density at radius 1 is 1.17 bits per heavy atom. The number of nitrogens with zero attached hydrogens (tertiary/aromatic N) is 1. The number of carbonyl (C=O) groups excluding carboxylic acids is 2. The van der Waals surface area contributed by atoms with E-state index in [1.54, 1.807) is 0 Å². The van der Waals surface area contributed by atoms with Gasteiger partial charge in [0.05, 0.1) is 6.04 Å². The fourth-order valence-electron chi connectivity index (χ4n) is 2.58. The summed E-state index contributed by atoms with van der Waals surface area (Å²) in [6.45, 7) is 2.14. The zero-order valence-electron chi connectivity index (χ0n) is 13.4. The number of carbonyl (C=O) groups is 2. The van der Waals surface area contributed by atoms with E-state index in [1.807, 2.05) is 35.2 Å². The van der Waals surface area contributed by atoms with Crippen molar-refractivity contribution in [2.45, 2.75) is 38.3 Å². The van der Waals surface area contributed by atoms with Gasteiger partial charge in [0.2, 0.25) is 5.91 Å². The number of ether oxygens (including phenoxy) is 1. The van der Waals surface area contributed by atoms with Gasteiger partial charge in [0.1, 0.15) is 6.61 Å². The van der Waals surface area contributed by atoms with Gasteiger partial charge in [0, 0.05) is 19.6 Å². The smallest absolute Gasteiger partial charge is 0.407 e. The van der Waals surface area contributed by atoms with Gasteiger partial charge in [-0.15, -0.1) is 0 Å². The van der Waals surface area contributed by atoms with Gasteiger partial charge >= 0.3 is 6.09 Å². The summed E-state index contributed by atoms with van der Waals surface area (Å²) in [6, 6.07) is 8.90. The lowest BCUT2D eigenvalue weighted by Crippen LogP contribution is -2.47. The predicted octanol–water partition coefficient (Wildman–Crippen LogP) is 1.64. The van der Waals surface area contributed by atoms with Crippen LogP contribution in [0.1, 0.15) is 31.2 Å². The summed E-state index contributed by atoms with van der Waals surface area (Å²) in [5.41, 5.74) is 6.85. The second-order valence-electron chi connectivity index (χ2n) is 5.77. The third kappa shape index (κ3) is 5.90. The van der Waals surface area contributed by atoms with Crippen molar-refractivity contribution in [2.24, 2.45) is 5.73 Å². The topological polar surface area (TPSA) is 84.7 Å². The average Bonchev–Trinajstić information content (AvgIpc) is 2.61. The lowest BCUT2D eigenvalue weighted by atomic mass is 10.1. The Hall–Kier alpha value is -2.08. The molecular weight excluding hydrogens is 294 g/mol. The summed E-state index contributed by atoms with van der Waals surface area (Å²) < 4.78 is 5.10. The van der Waals surface area contributed by atoms with Crippen LogP contribution in [0, 0.1) is 0 Å². The largest absolute Gasteiger partial charge is 0.445 e. The molecule has 0 radical (unpaired) electrons. The van der Waals surface area contributed by atoms with E-state index in [0.29, 0.717) is 13.0 Å². The second-order valence-corrected chi connectivity index (χ2v) is 5.77. The Balaban J connectivity index is 1.61. The molecule has 0 bridgehead atoms. The molecule has 3 N–H and O–H groups in total. The molecule has 2 rings (SSSR count). The molecule has 23 heavy (non-hydrogen) atoms. The number of alkyl carbamates (subject to hydrolysis) is 1. The van der Waals surface area contributed by atoms with Gasteiger partial charge in [-0.25, -0.2) is 4.79 Å². The summed E-state index contributed by atoms with van der Waals surface area (Å²) in [5.74, 6) is -0.0239. The minimum atomic E-state index is -0.567. The summed E-state index contributed by atoms with van der Waals surface area (Å²) in [4.78, 5) is 25.6. The first-order valence-corrected chi connectivity index (χ1v) is 8.16. The molecule has 1 aromatic carbocycles. The maximum atomic E-state index is 12.1. The van der Waals surface area contributed by atoms with E-state index in [-0.39, 0.29) is 12.5 Å². The molecule has 1 atom stereocenters. The molecular formula is C17H25N3O3. The highest BCUT2D eigenvalue weighted by Crippen LogP contribution is 2.10. The van der Waals surface area contributed by atoms with E-state index in [9.17, 15) is 9.59 Å². The van der Waals surface area contributed by atoms with Crippen LogP contribution in [-0.2, 0) is 16.1 Å². The first-order chi connectivity index (χ1) is 11.2. The van der Waals surface area contributed by atoms with Crippen LogP contribution < -0.4 is 11.1 Å². The van der Waals surface area contributed by atoms with Crippen molar-refractivity contribution in [1.82, 2.24) is 10.2 Å². The number of benzene rings is 1. The summed E-state index contributed by atoms with van der Waals surface area (Å²) in [7, 11) is 0. The summed E-state index contributed by atoms with van der Waals surface area (Å²) >= 11 is 0. The molecule has 6 heteroatoms. The molecule has 6 nitrogen and oxygen atoms in total. The lowest BCUT2D eigenvalue weighted by molar-refractivity contribution is -0.133. The van der Waals surface area contributed by atoms with Crippen molar-refractivity contribution in [3.05, 3.63) is 35.9 Å². The van der Waals surface area contributed by atoms with Crippen LogP contribution in [0.15, 0.2) is 30.3 Å². The fourth-order valence-corrected chi connectivity index (χ4v) is 2.58. The van der Waals surface area contributed by atoms with E-state index >= 15 is 0 Å². The quantitative estimate of drug-likeness (QED) is 0.835. The van der Waals surface area contributed by atoms with Crippen molar-refractivity contribution in [1.29, 1.82) is 0 Å². The summed E-state index contributed by atoms with van der Waals surface area (Å²) in [6.07, 6.45) is 3.18. The van der Waals surface area contributed by atoms with Gasteiger partial charge in [-0.2, -0.15) is 0 Å². The highest BCUT2D eigenvalue weighted by atomic mass is 16.5. The van der Waals surface area contributed by atoms with Crippen molar-refractivity contribution < 1.29 is 14.3 Å². The minimum absolute atomic E-state index is 0.0239. The van der Waals surface area contributed by atoms with Crippen molar-refractivity contribution in [2.75, 3.05) is 19.6 Å². The first kappa shape index (κ1) is 17.3. The molecule has 0 aliphatic carbocycles. The van der Waals surface area contributed by atoms with Gasteiger partial charge < -0.3 is 20.7 Å². The second kappa shape index (κ2) is 9.15. The molecule has 0 aromatic heterocycles. The van der Waals surface area contributed by atoms with Crippen LogP contribution in [0.2, 0.25) is 0 Å². The van der Waals surface area contributed by atoms with E-state index in [0.717, 1.165) is 31.5 Å². The van der Waals surface area contributed by atoms with Crippen LogP contribution in [0.5, 0.6) is 0 Å². The third-order valence-corrected chi connectivity index (χ3v) is 3.92. The first-order valence-electron chi connectivity index (χ1n) is 8.16. The molecule has 0 saturated carbocycles. The van der Waals surface area contributed by atoms with Gasteiger partial charge in [-0.3, -0.25) is 4.79 Å². The van der Waals surface area contributed by atoms with Crippen LogP contribution in [-0.4, -0.2) is 42.6 Å². The number of nitrogens with one attached hydrogen (secondary N) is 1. The Kier molecular flexibility index (Phi) is 6.87. The molecule has 1 fully saturated rings. The number of hydrogen-bond donors (Lipinski definition) is 2. The van der Waals surface area contributed by atoms with Gasteiger partial charge in [-0.1, -0.05) is 30.3 Å². The van der Waals surface area contributed by atoms with Crippen LogP contribution in [0.25, 0.3) is 0 Å². The molecule has 126 valence electrons. The minimum Gasteiger partial charge on any atom is -0.445 e. The van der Waals surface area contributed by atoms with Crippen LogP contribution in [0.4, 0.5) is 4.79 Å². The zero-order valence-corrected chi connectivity index (χ0v) is 13.4. The number of likely N-dealkylation sites (tertiary alicyclic amines) is 1. The van der Waals surface area contributed by atoms with Gasteiger partial charge in [-0.05, 0) is 31.2 Å². The molecule has 1 aliphatic rings. The number of piperidine rings is 1. The van der Waals surface area contributed by atoms with Gasteiger partial charge in [0.25, 0.3) is 0 Å². The zero-order chi connectivity index (χ0) is 16.5. The molecule has 1 saturated heterocycles. The average molecular weight is 319 g/mol. The Morgan fingerprint density at radius 3 is 2.57 bits per heavy atom. The van der Waals surface area contributed by atoms with Crippen molar-refractivity contribution in [3.8, 4) is 0 Å². The van der Waals surface area contributed by atoms with Crippen molar-refractivity contribution >= 4 is 12.0 Å². The Morgan fingerprint density at radius 2 is 1.87 bits per heavy atom. The number of nitrogens with two attached hydrogens (primary N) is 1. The van der Waals surface area contributed by atoms with E-state index < -0.39 is 12.1 Å². The number of amides is 2. The Bertz CT molecular complexity index is 501. The number of hydrogen-bond acceptors (Lipinski definition) is 4. The maximum absolute atomic E-state index is 12.1. The summed E-state index contributed by atoms with van der Waals surface area (Å²) in [5, 5.41) is 2.63. The number of rotatable bonds is 6. The highest BCUT2D eigenvalue weighted by Gasteiger charge is 2.22. The molecule has 1 unspecified atom stereocenters. The van der Waals surface area contributed by atoms with Crippen LogP contribution >= 0.6 is 0 Å². The maximum Gasteiger partial charge on any atom is 0.407 e. The Labute approximate surface area is 137 Å². The van der Waals surface area contributed by atoms with E-state index in [2.05, 4.69) is 5.32 Å². The SMILES string of the molecule is NC(CCNC(=O)OCc1ccccc1)C(=O)N1CCCCC1. The molecule has 1 aliphatic heterocycles. The van der Waals surface area contributed by atoms with Crippen molar-refractivity contribution in [3.63, 3.8) is 0 Å². The molecule has 1 heterocycles. The van der Waals surface area contributed by atoms with E-state index in [1.165, 1.54) is 6.42 Å². The van der Waals surface area contributed by atoms with Crippen LogP contribution in [0.3, 0.4) is 0 Å². The predicted molar refractivity (Wildman–Crippen MR) is 87.7 cm³/mol. The monoisotopic (exact) mass is 319 g/mol. The normalized spacial score (nSPS) is 15.8. The molecule has 1 aromatic rings. The standard InChI is InChI=1S/C17H25N3O3/c18-15(16(21)20-11-5-2-6-12-20)9-10-19-17(22)23-13-14-7-3-1-4-8-14/h1,3-4,7-8,15H,2,5-6,9-13,18H2,(H,19,22). The molecule has 2 amide bonds. The molecule has 0 spiro atoms. The fraction of sp³-hybridized carbons (Fsp3) is 0.529. The van der Waals surface area contributed by atoms with Gasteiger partial charge in [0.15, 0.2) is 0 Å².